The molecule has 0 saturated carbocycles. The molecule has 3 rings (SSSR count). The van der Waals surface area contributed by atoms with Crippen LogP contribution < -0.4 is 15.5 Å². The fraction of sp³-hybridized carbons (Fsp3) is 0.429. The number of benzene rings is 1. The number of nitrogens with zero attached hydrogens (tertiary/aromatic N) is 3. The zero-order chi connectivity index (χ0) is 19.9. The van der Waals surface area contributed by atoms with E-state index in [-0.39, 0.29) is 5.82 Å². The van der Waals surface area contributed by atoms with Crippen LogP contribution in [0.15, 0.2) is 45.9 Å². The van der Waals surface area contributed by atoms with Crippen molar-refractivity contribution in [3.8, 4) is 0 Å². The maximum absolute atomic E-state index is 13.7. The molecule has 1 aliphatic rings. The average Bonchev–Trinajstić information content (AvgIpc) is 2.69. The van der Waals surface area contributed by atoms with Crippen LogP contribution >= 0.6 is 15.9 Å². The number of aryl methyl sites for hydroxylation is 1. The van der Waals surface area contributed by atoms with E-state index in [1.165, 1.54) is 6.07 Å². The van der Waals surface area contributed by atoms with Gasteiger partial charge in [0.2, 0.25) is 0 Å². The van der Waals surface area contributed by atoms with Gasteiger partial charge < -0.3 is 15.5 Å². The molecule has 2 heterocycles. The Kier molecular flexibility index (Phi) is 7.25. The molecule has 0 amide bonds. The summed E-state index contributed by atoms with van der Waals surface area (Å²) in [4.78, 5) is 11.6. The number of nitrogens with one attached hydrogen (secondary N) is 2. The first-order chi connectivity index (χ1) is 13.5. The summed E-state index contributed by atoms with van der Waals surface area (Å²) in [6.07, 6.45) is 2.04. The first kappa shape index (κ1) is 20.6. The maximum Gasteiger partial charge on any atom is 0.191 e. The lowest BCUT2D eigenvalue weighted by molar-refractivity contribution is 0.459. The molecule has 2 N–H and O–H groups in total. The van der Waals surface area contributed by atoms with Crippen molar-refractivity contribution < 1.29 is 4.39 Å². The van der Waals surface area contributed by atoms with Gasteiger partial charge >= 0.3 is 0 Å². The van der Waals surface area contributed by atoms with E-state index in [2.05, 4.69) is 53.6 Å². The van der Waals surface area contributed by atoms with Crippen molar-refractivity contribution in [3.63, 3.8) is 0 Å². The molecule has 1 saturated heterocycles. The number of hydrogen-bond acceptors (Lipinski definition) is 3. The number of pyridine rings is 1. The van der Waals surface area contributed by atoms with Crippen molar-refractivity contribution in [3.05, 3.63) is 57.9 Å². The highest BCUT2D eigenvalue weighted by Gasteiger charge is 2.21. The highest BCUT2D eigenvalue weighted by atomic mass is 79.9. The van der Waals surface area contributed by atoms with E-state index in [0.717, 1.165) is 55.5 Å². The molecule has 2 aromatic rings. The van der Waals surface area contributed by atoms with Gasteiger partial charge in [-0.2, -0.15) is 0 Å². The van der Waals surface area contributed by atoms with Gasteiger partial charge in [-0.3, -0.25) is 0 Å². The fourth-order valence-corrected chi connectivity index (χ4v) is 3.53. The summed E-state index contributed by atoms with van der Waals surface area (Å²) < 4.78 is 14.2. The molecular formula is C21H27BrFN5. The molecule has 7 heteroatoms. The Bertz CT molecular complexity index is 818. The normalized spacial score (nSPS) is 15.6. The molecule has 1 aromatic heterocycles. The van der Waals surface area contributed by atoms with Crippen LogP contribution in [0.1, 0.15) is 31.0 Å². The van der Waals surface area contributed by atoms with Gasteiger partial charge in [0.25, 0.3) is 0 Å². The fourth-order valence-electron chi connectivity index (χ4n) is 3.28. The Labute approximate surface area is 174 Å². The van der Waals surface area contributed by atoms with Gasteiger partial charge in [0.15, 0.2) is 5.96 Å². The minimum absolute atomic E-state index is 0.261. The Balaban J connectivity index is 1.56. The second-order valence-electron chi connectivity index (χ2n) is 6.99. The largest absolute Gasteiger partial charge is 0.357 e. The predicted octanol–water partition coefficient (Wildman–Crippen LogP) is 4.02. The smallest absolute Gasteiger partial charge is 0.191 e. The van der Waals surface area contributed by atoms with Gasteiger partial charge in [-0.05, 0) is 72.4 Å². The van der Waals surface area contributed by atoms with Crippen molar-refractivity contribution in [2.45, 2.75) is 39.3 Å². The van der Waals surface area contributed by atoms with Gasteiger partial charge in [0, 0.05) is 31.4 Å². The van der Waals surface area contributed by atoms with E-state index in [9.17, 15) is 4.39 Å². The summed E-state index contributed by atoms with van der Waals surface area (Å²) in [5, 5.41) is 6.81. The number of guanidine groups is 1. The molecule has 0 bridgehead atoms. The van der Waals surface area contributed by atoms with Crippen molar-refractivity contribution in [2.75, 3.05) is 24.5 Å². The SMILES string of the molecule is CCNC(=NCc1ccc(Br)c(F)c1)NC1CCN(c2cccc(C)n2)CC1. The first-order valence-corrected chi connectivity index (χ1v) is 10.5. The van der Waals surface area contributed by atoms with Crippen LogP contribution in [0.3, 0.4) is 0 Å². The second-order valence-corrected chi connectivity index (χ2v) is 7.84. The summed E-state index contributed by atoms with van der Waals surface area (Å²) in [6.45, 7) is 7.21. The molecule has 0 aliphatic carbocycles. The van der Waals surface area contributed by atoms with Crippen molar-refractivity contribution >= 4 is 27.7 Å². The third kappa shape index (κ3) is 5.67. The third-order valence-electron chi connectivity index (χ3n) is 4.78. The van der Waals surface area contributed by atoms with E-state index in [4.69, 9.17) is 0 Å². The van der Waals surface area contributed by atoms with Crippen LogP contribution in [-0.2, 0) is 6.54 Å². The molecular weight excluding hydrogens is 421 g/mol. The highest BCUT2D eigenvalue weighted by molar-refractivity contribution is 9.10. The quantitative estimate of drug-likeness (QED) is 0.536. The number of aliphatic imine (C=N–C) groups is 1. The monoisotopic (exact) mass is 447 g/mol. The number of rotatable bonds is 5. The van der Waals surface area contributed by atoms with Crippen LogP contribution in [0.5, 0.6) is 0 Å². The van der Waals surface area contributed by atoms with Crippen LogP contribution in [0, 0.1) is 12.7 Å². The average molecular weight is 448 g/mol. The molecule has 28 heavy (non-hydrogen) atoms. The lowest BCUT2D eigenvalue weighted by Crippen LogP contribution is -2.48. The summed E-state index contributed by atoms with van der Waals surface area (Å²) in [7, 11) is 0. The zero-order valence-electron chi connectivity index (χ0n) is 16.4. The van der Waals surface area contributed by atoms with Gasteiger partial charge in [-0.1, -0.05) is 12.1 Å². The summed E-state index contributed by atoms with van der Waals surface area (Å²) in [5.41, 5.74) is 1.89. The highest BCUT2D eigenvalue weighted by Crippen LogP contribution is 2.19. The minimum Gasteiger partial charge on any atom is -0.357 e. The van der Waals surface area contributed by atoms with Gasteiger partial charge in [0.05, 0.1) is 11.0 Å². The number of aromatic nitrogens is 1. The molecule has 0 unspecified atom stereocenters. The summed E-state index contributed by atoms with van der Waals surface area (Å²) in [6, 6.07) is 11.6. The van der Waals surface area contributed by atoms with Gasteiger partial charge in [-0.25, -0.2) is 14.4 Å². The van der Waals surface area contributed by atoms with E-state index >= 15 is 0 Å². The molecule has 1 fully saturated rings. The van der Waals surface area contributed by atoms with E-state index in [0.29, 0.717) is 17.1 Å². The molecule has 0 radical (unpaired) electrons. The van der Waals surface area contributed by atoms with E-state index in [1.54, 1.807) is 6.07 Å². The molecule has 1 aromatic carbocycles. The van der Waals surface area contributed by atoms with Gasteiger partial charge in [-0.15, -0.1) is 0 Å². The molecule has 5 nitrogen and oxygen atoms in total. The number of piperidine rings is 1. The number of halogens is 2. The molecule has 0 spiro atoms. The van der Waals surface area contributed by atoms with Gasteiger partial charge in [0.1, 0.15) is 11.6 Å². The minimum atomic E-state index is -0.261. The Morgan fingerprint density at radius 1 is 1.29 bits per heavy atom. The summed E-state index contributed by atoms with van der Waals surface area (Å²) >= 11 is 3.18. The van der Waals surface area contributed by atoms with Crippen molar-refractivity contribution in [1.82, 2.24) is 15.6 Å². The van der Waals surface area contributed by atoms with Crippen LogP contribution in [0.25, 0.3) is 0 Å². The maximum atomic E-state index is 13.7. The molecule has 150 valence electrons. The van der Waals surface area contributed by atoms with Crippen molar-refractivity contribution in [2.24, 2.45) is 4.99 Å². The lowest BCUT2D eigenvalue weighted by Gasteiger charge is -2.34. The van der Waals surface area contributed by atoms with E-state index < -0.39 is 0 Å². The first-order valence-electron chi connectivity index (χ1n) is 9.72. The van der Waals surface area contributed by atoms with Crippen molar-refractivity contribution in [1.29, 1.82) is 0 Å². The van der Waals surface area contributed by atoms with Crippen LogP contribution in [0.2, 0.25) is 0 Å². The van der Waals surface area contributed by atoms with Crippen LogP contribution in [-0.4, -0.2) is 36.6 Å². The topological polar surface area (TPSA) is 52.6 Å². The molecule has 0 atom stereocenters. The molecule has 1 aliphatic heterocycles. The lowest BCUT2D eigenvalue weighted by atomic mass is 10.1. The Hall–Kier alpha value is -2.15. The third-order valence-corrected chi connectivity index (χ3v) is 5.42. The number of anilines is 1. The zero-order valence-corrected chi connectivity index (χ0v) is 18.0. The Morgan fingerprint density at radius 2 is 2.07 bits per heavy atom. The van der Waals surface area contributed by atoms with Crippen LogP contribution in [0.4, 0.5) is 10.2 Å². The number of hydrogen-bond donors (Lipinski definition) is 2. The van der Waals surface area contributed by atoms with E-state index in [1.807, 2.05) is 26.0 Å². The predicted molar refractivity (Wildman–Crippen MR) is 116 cm³/mol. The Morgan fingerprint density at radius 3 is 2.75 bits per heavy atom. The summed E-state index contributed by atoms with van der Waals surface area (Å²) in [5.74, 6) is 1.57. The second kappa shape index (κ2) is 9.87. The standard InChI is InChI=1S/C21H27BrFN5/c1-3-24-21(25-14-16-7-8-18(22)19(23)13-16)27-17-9-11-28(12-10-17)20-6-4-5-15(2)26-20/h4-8,13,17H,3,9-12,14H2,1-2H3,(H2,24,25,27).